The van der Waals surface area contributed by atoms with Crippen LogP contribution < -0.4 is 5.32 Å². The molecule has 2 N–H and O–H groups in total. The van der Waals surface area contributed by atoms with Crippen LogP contribution in [0.15, 0.2) is 24.3 Å². The van der Waals surface area contributed by atoms with Gasteiger partial charge in [-0.05, 0) is 6.07 Å². The molecule has 0 aromatic heterocycles. The molecule has 1 aliphatic rings. The topological polar surface area (TPSA) is 122 Å². The van der Waals surface area contributed by atoms with Crippen molar-refractivity contribution in [2.45, 2.75) is 6.04 Å². The zero-order valence-electron chi connectivity index (χ0n) is 10.9. The van der Waals surface area contributed by atoms with Crippen molar-refractivity contribution in [3.63, 3.8) is 0 Å². The fourth-order valence-corrected chi connectivity index (χ4v) is 1.94. The van der Waals surface area contributed by atoms with Crippen LogP contribution in [-0.2, 0) is 9.53 Å². The number of nitro benzene ring substituents is 1. The quantitative estimate of drug-likeness (QED) is 0.631. The number of hydrogen-bond donors (Lipinski definition) is 2. The molecule has 1 unspecified atom stereocenters. The Morgan fingerprint density at radius 1 is 1.48 bits per heavy atom. The summed E-state index contributed by atoms with van der Waals surface area (Å²) in [5.74, 6) is -1.16. The Labute approximate surface area is 119 Å². The van der Waals surface area contributed by atoms with Crippen molar-refractivity contribution in [1.29, 1.82) is 0 Å². The highest BCUT2D eigenvalue weighted by molar-refractivity contribution is 5.92. The van der Waals surface area contributed by atoms with Crippen LogP contribution in [0.4, 0.5) is 16.2 Å². The van der Waals surface area contributed by atoms with E-state index in [1.807, 2.05) is 0 Å². The van der Waals surface area contributed by atoms with Gasteiger partial charge in [0.05, 0.1) is 18.1 Å². The maximum Gasteiger partial charge on any atom is 0.328 e. The van der Waals surface area contributed by atoms with E-state index >= 15 is 0 Å². The fraction of sp³-hybridized carbons (Fsp3) is 0.333. The standard InChI is InChI=1S/C12H13N3O6/c16-11(17)10-7-21-5-4-14(10)12(18)13-8-2-1-3-9(6-8)15(19)20/h1-3,6,10H,4-5,7H2,(H,13,18)(H,16,17). The van der Waals surface area contributed by atoms with Gasteiger partial charge in [-0.15, -0.1) is 0 Å². The van der Waals surface area contributed by atoms with Crippen LogP contribution in [0.5, 0.6) is 0 Å². The number of rotatable bonds is 3. The van der Waals surface area contributed by atoms with Gasteiger partial charge in [-0.3, -0.25) is 10.1 Å². The molecule has 2 rings (SSSR count). The highest BCUT2D eigenvalue weighted by Crippen LogP contribution is 2.18. The number of carboxylic acids is 1. The Morgan fingerprint density at radius 3 is 2.90 bits per heavy atom. The number of nitrogens with one attached hydrogen (secondary N) is 1. The van der Waals surface area contributed by atoms with E-state index in [0.717, 1.165) is 4.90 Å². The third-order valence-corrected chi connectivity index (χ3v) is 2.98. The zero-order chi connectivity index (χ0) is 15.4. The Bertz CT molecular complexity index is 576. The lowest BCUT2D eigenvalue weighted by Gasteiger charge is -2.32. The molecule has 0 aliphatic carbocycles. The normalized spacial score (nSPS) is 18.1. The van der Waals surface area contributed by atoms with Gasteiger partial charge in [-0.2, -0.15) is 0 Å². The van der Waals surface area contributed by atoms with Crippen LogP contribution in [-0.4, -0.2) is 52.7 Å². The number of carbonyl (C=O) groups is 2. The first-order valence-electron chi connectivity index (χ1n) is 6.11. The molecule has 112 valence electrons. The van der Waals surface area contributed by atoms with E-state index in [-0.39, 0.29) is 31.1 Å². The fourth-order valence-electron chi connectivity index (χ4n) is 1.94. The summed E-state index contributed by atoms with van der Waals surface area (Å²) in [6.45, 7) is 0.293. The summed E-state index contributed by atoms with van der Waals surface area (Å²) in [4.78, 5) is 34.4. The number of benzene rings is 1. The summed E-state index contributed by atoms with van der Waals surface area (Å²) < 4.78 is 5.03. The van der Waals surface area contributed by atoms with Gasteiger partial charge in [0.2, 0.25) is 0 Å². The number of non-ortho nitro benzene ring substituents is 1. The highest BCUT2D eigenvalue weighted by Gasteiger charge is 2.32. The average Bonchev–Trinajstić information content (AvgIpc) is 2.47. The van der Waals surface area contributed by atoms with Crippen molar-refractivity contribution in [2.24, 2.45) is 0 Å². The second-order valence-corrected chi connectivity index (χ2v) is 4.36. The van der Waals surface area contributed by atoms with Gasteiger partial charge in [-0.25, -0.2) is 9.59 Å². The van der Waals surface area contributed by atoms with E-state index in [1.165, 1.54) is 24.3 Å². The molecule has 0 radical (unpaired) electrons. The number of urea groups is 1. The van der Waals surface area contributed by atoms with Crippen molar-refractivity contribution in [3.8, 4) is 0 Å². The molecule has 0 bridgehead atoms. The largest absolute Gasteiger partial charge is 0.480 e. The SMILES string of the molecule is O=C(O)C1COCCN1C(=O)Nc1cccc([N+](=O)[O-])c1. The van der Waals surface area contributed by atoms with E-state index in [4.69, 9.17) is 9.84 Å². The summed E-state index contributed by atoms with van der Waals surface area (Å²) in [6, 6.07) is 3.71. The van der Waals surface area contributed by atoms with Crippen LogP contribution in [0.2, 0.25) is 0 Å². The number of hydrogen-bond acceptors (Lipinski definition) is 5. The molecule has 1 aromatic rings. The first kappa shape index (κ1) is 14.7. The maximum absolute atomic E-state index is 12.1. The summed E-state index contributed by atoms with van der Waals surface area (Å²) in [5, 5.41) is 22.2. The van der Waals surface area contributed by atoms with Gasteiger partial charge in [0, 0.05) is 24.4 Å². The molecule has 1 saturated heterocycles. The highest BCUT2D eigenvalue weighted by atomic mass is 16.6. The molecule has 0 spiro atoms. The van der Waals surface area contributed by atoms with E-state index < -0.39 is 23.0 Å². The number of ether oxygens (including phenoxy) is 1. The summed E-state index contributed by atoms with van der Waals surface area (Å²) in [7, 11) is 0. The number of nitro groups is 1. The van der Waals surface area contributed by atoms with Crippen LogP contribution in [0.3, 0.4) is 0 Å². The van der Waals surface area contributed by atoms with Gasteiger partial charge < -0.3 is 20.1 Å². The smallest absolute Gasteiger partial charge is 0.328 e. The second-order valence-electron chi connectivity index (χ2n) is 4.36. The Hall–Kier alpha value is -2.68. The van der Waals surface area contributed by atoms with Crippen molar-refractivity contribution >= 4 is 23.4 Å². The first-order valence-corrected chi connectivity index (χ1v) is 6.11. The number of anilines is 1. The summed E-state index contributed by atoms with van der Waals surface area (Å²) in [5.41, 5.74) is 0.0643. The Morgan fingerprint density at radius 2 is 2.24 bits per heavy atom. The van der Waals surface area contributed by atoms with E-state index in [1.54, 1.807) is 0 Å². The Balaban J connectivity index is 2.11. The second kappa shape index (κ2) is 6.18. The number of nitrogens with zero attached hydrogens (tertiary/aromatic N) is 2. The molecule has 1 fully saturated rings. The minimum Gasteiger partial charge on any atom is -0.480 e. The summed E-state index contributed by atoms with van der Waals surface area (Å²) in [6.07, 6.45) is 0. The molecule has 1 aliphatic heterocycles. The Kier molecular flexibility index (Phi) is 4.33. The van der Waals surface area contributed by atoms with Gasteiger partial charge in [0.1, 0.15) is 0 Å². The zero-order valence-corrected chi connectivity index (χ0v) is 10.9. The molecule has 9 heteroatoms. The number of morpholine rings is 1. The van der Waals surface area contributed by atoms with Crippen LogP contribution in [0.1, 0.15) is 0 Å². The molecule has 1 aromatic carbocycles. The van der Waals surface area contributed by atoms with Crippen LogP contribution in [0.25, 0.3) is 0 Å². The molecular weight excluding hydrogens is 282 g/mol. The van der Waals surface area contributed by atoms with Crippen molar-refractivity contribution in [3.05, 3.63) is 34.4 Å². The molecular formula is C12H13N3O6. The third-order valence-electron chi connectivity index (χ3n) is 2.98. The van der Waals surface area contributed by atoms with Gasteiger partial charge >= 0.3 is 12.0 Å². The average molecular weight is 295 g/mol. The van der Waals surface area contributed by atoms with E-state index in [9.17, 15) is 19.7 Å². The predicted octanol–water partition coefficient (Wildman–Crippen LogP) is 0.912. The summed E-state index contributed by atoms with van der Waals surface area (Å²) >= 11 is 0. The first-order chi connectivity index (χ1) is 9.99. The maximum atomic E-state index is 12.1. The van der Waals surface area contributed by atoms with Gasteiger partial charge in [0.15, 0.2) is 6.04 Å². The number of carbonyl (C=O) groups excluding carboxylic acids is 1. The van der Waals surface area contributed by atoms with Crippen LogP contribution >= 0.6 is 0 Å². The van der Waals surface area contributed by atoms with Crippen LogP contribution in [0, 0.1) is 10.1 Å². The lowest BCUT2D eigenvalue weighted by atomic mass is 10.2. The molecule has 9 nitrogen and oxygen atoms in total. The number of amides is 2. The minimum atomic E-state index is -1.16. The molecule has 0 saturated carbocycles. The number of aliphatic carboxylic acids is 1. The lowest BCUT2D eigenvalue weighted by molar-refractivity contribution is -0.384. The molecule has 2 amide bonds. The minimum absolute atomic E-state index is 0.0856. The van der Waals surface area contributed by atoms with Crippen molar-refractivity contribution < 1.29 is 24.4 Å². The van der Waals surface area contributed by atoms with Gasteiger partial charge in [0.25, 0.3) is 5.69 Å². The molecule has 1 heterocycles. The third kappa shape index (κ3) is 3.45. The molecule has 1 atom stereocenters. The van der Waals surface area contributed by atoms with Crippen molar-refractivity contribution in [1.82, 2.24) is 4.90 Å². The lowest BCUT2D eigenvalue weighted by Crippen LogP contribution is -2.53. The predicted molar refractivity (Wildman–Crippen MR) is 71.1 cm³/mol. The monoisotopic (exact) mass is 295 g/mol. The van der Waals surface area contributed by atoms with E-state index in [0.29, 0.717) is 0 Å². The number of carboxylic acid groups (broad SMARTS) is 1. The van der Waals surface area contributed by atoms with E-state index in [2.05, 4.69) is 5.32 Å². The van der Waals surface area contributed by atoms with Gasteiger partial charge in [-0.1, -0.05) is 6.07 Å². The van der Waals surface area contributed by atoms with Crippen molar-refractivity contribution in [2.75, 3.05) is 25.1 Å². The molecule has 21 heavy (non-hydrogen) atoms.